The summed E-state index contributed by atoms with van der Waals surface area (Å²) in [6, 6.07) is 14.5. The first-order chi connectivity index (χ1) is 9.79. The van der Waals surface area contributed by atoms with Crippen LogP contribution in [-0.4, -0.2) is 9.55 Å². The fourth-order valence-electron chi connectivity index (χ4n) is 2.58. The number of benzene rings is 2. The van der Waals surface area contributed by atoms with E-state index in [1.807, 2.05) is 12.4 Å². The van der Waals surface area contributed by atoms with Crippen molar-refractivity contribution in [3.8, 4) is 0 Å². The minimum Gasteiger partial charge on any atom is -0.333 e. The van der Waals surface area contributed by atoms with Gasteiger partial charge < -0.3 is 10.3 Å². The number of rotatable bonds is 4. The Morgan fingerprint density at radius 2 is 1.95 bits per heavy atom. The Balaban J connectivity index is 1.99. The van der Waals surface area contributed by atoms with Gasteiger partial charge in [0.15, 0.2) is 0 Å². The van der Waals surface area contributed by atoms with Crippen LogP contribution < -0.4 is 5.73 Å². The van der Waals surface area contributed by atoms with E-state index in [9.17, 15) is 0 Å². The van der Waals surface area contributed by atoms with Gasteiger partial charge in [-0.05, 0) is 28.8 Å². The molecule has 0 aliphatic rings. The highest BCUT2D eigenvalue weighted by Gasteiger charge is 2.14. The molecule has 0 saturated heterocycles. The third kappa shape index (κ3) is 2.32. The van der Waals surface area contributed by atoms with Gasteiger partial charge in [0.2, 0.25) is 0 Å². The van der Waals surface area contributed by atoms with Gasteiger partial charge in [-0.1, -0.05) is 43.3 Å². The van der Waals surface area contributed by atoms with E-state index >= 15 is 0 Å². The molecule has 0 radical (unpaired) electrons. The van der Waals surface area contributed by atoms with E-state index in [4.69, 9.17) is 5.73 Å². The number of hydrogen-bond donors (Lipinski definition) is 1. The molecule has 0 spiro atoms. The van der Waals surface area contributed by atoms with E-state index in [2.05, 4.69) is 58.9 Å². The van der Waals surface area contributed by atoms with Crippen LogP contribution in [0, 0.1) is 0 Å². The van der Waals surface area contributed by atoms with E-state index in [0.29, 0.717) is 0 Å². The van der Waals surface area contributed by atoms with Crippen molar-refractivity contribution < 1.29 is 0 Å². The van der Waals surface area contributed by atoms with Crippen LogP contribution in [0.3, 0.4) is 0 Å². The summed E-state index contributed by atoms with van der Waals surface area (Å²) < 4.78 is 2.14. The van der Waals surface area contributed by atoms with E-state index < -0.39 is 0 Å². The highest BCUT2D eigenvalue weighted by atomic mass is 15.1. The minimum absolute atomic E-state index is 0.179. The van der Waals surface area contributed by atoms with Crippen LogP contribution in [0.4, 0.5) is 0 Å². The molecule has 0 fully saturated rings. The van der Waals surface area contributed by atoms with Crippen molar-refractivity contribution in [3.63, 3.8) is 0 Å². The number of aryl methyl sites for hydroxylation is 1. The SMILES string of the molecule is CCCn1ccnc1C(N)c1ccc2ccccc2c1. The highest BCUT2D eigenvalue weighted by Crippen LogP contribution is 2.23. The van der Waals surface area contributed by atoms with Crippen molar-refractivity contribution in [1.82, 2.24) is 9.55 Å². The fraction of sp³-hybridized carbons (Fsp3) is 0.235. The molecule has 0 bridgehead atoms. The summed E-state index contributed by atoms with van der Waals surface area (Å²) in [5.41, 5.74) is 7.50. The first-order valence-corrected chi connectivity index (χ1v) is 7.05. The molecule has 3 aromatic rings. The second-order valence-electron chi connectivity index (χ2n) is 5.06. The topological polar surface area (TPSA) is 43.8 Å². The van der Waals surface area contributed by atoms with Crippen LogP contribution in [-0.2, 0) is 6.54 Å². The van der Waals surface area contributed by atoms with Gasteiger partial charge in [0, 0.05) is 18.9 Å². The van der Waals surface area contributed by atoms with Gasteiger partial charge in [0.1, 0.15) is 5.82 Å². The van der Waals surface area contributed by atoms with E-state index in [0.717, 1.165) is 24.4 Å². The Morgan fingerprint density at radius 1 is 1.15 bits per heavy atom. The Labute approximate surface area is 119 Å². The summed E-state index contributed by atoms with van der Waals surface area (Å²) in [6.45, 7) is 3.11. The normalized spacial score (nSPS) is 12.7. The molecule has 1 aromatic heterocycles. The molecule has 1 unspecified atom stereocenters. The summed E-state index contributed by atoms with van der Waals surface area (Å²) >= 11 is 0. The van der Waals surface area contributed by atoms with Crippen molar-refractivity contribution in [2.24, 2.45) is 5.73 Å². The van der Waals surface area contributed by atoms with Crippen LogP contribution in [0.25, 0.3) is 10.8 Å². The molecule has 2 N–H and O–H groups in total. The van der Waals surface area contributed by atoms with Gasteiger partial charge >= 0.3 is 0 Å². The fourth-order valence-corrected chi connectivity index (χ4v) is 2.58. The lowest BCUT2D eigenvalue weighted by Gasteiger charge is -2.14. The Kier molecular flexibility index (Phi) is 3.52. The average Bonchev–Trinajstić information content (AvgIpc) is 2.94. The summed E-state index contributed by atoms with van der Waals surface area (Å²) in [5, 5.41) is 2.45. The van der Waals surface area contributed by atoms with Crippen molar-refractivity contribution in [3.05, 3.63) is 66.2 Å². The molecule has 2 aromatic carbocycles. The van der Waals surface area contributed by atoms with Crippen molar-refractivity contribution in [2.75, 3.05) is 0 Å². The third-order valence-electron chi connectivity index (χ3n) is 3.62. The zero-order valence-corrected chi connectivity index (χ0v) is 11.7. The molecule has 3 heteroatoms. The third-order valence-corrected chi connectivity index (χ3v) is 3.62. The minimum atomic E-state index is -0.179. The van der Waals surface area contributed by atoms with Crippen molar-refractivity contribution in [1.29, 1.82) is 0 Å². The molecule has 1 atom stereocenters. The van der Waals surface area contributed by atoms with Crippen LogP contribution >= 0.6 is 0 Å². The maximum absolute atomic E-state index is 6.40. The van der Waals surface area contributed by atoms with Crippen molar-refractivity contribution in [2.45, 2.75) is 25.9 Å². The Bertz CT molecular complexity index is 715. The first-order valence-electron chi connectivity index (χ1n) is 7.05. The molecule has 0 aliphatic heterocycles. The zero-order valence-electron chi connectivity index (χ0n) is 11.7. The smallest absolute Gasteiger partial charge is 0.130 e. The van der Waals surface area contributed by atoms with Gasteiger partial charge in [-0.25, -0.2) is 4.98 Å². The first kappa shape index (κ1) is 12.9. The van der Waals surface area contributed by atoms with Crippen molar-refractivity contribution >= 4 is 10.8 Å². The molecular formula is C17H19N3. The molecule has 3 rings (SSSR count). The maximum Gasteiger partial charge on any atom is 0.130 e. The van der Waals surface area contributed by atoms with Crippen LogP contribution in [0.1, 0.15) is 30.8 Å². The second kappa shape index (κ2) is 5.47. The predicted octanol–water partition coefficient (Wildman–Crippen LogP) is 3.49. The quantitative estimate of drug-likeness (QED) is 0.784. The molecule has 3 nitrogen and oxygen atoms in total. The lowest BCUT2D eigenvalue weighted by Crippen LogP contribution is -2.17. The largest absolute Gasteiger partial charge is 0.333 e. The number of nitrogens with two attached hydrogens (primary N) is 1. The van der Waals surface area contributed by atoms with E-state index in [1.165, 1.54) is 10.8 Å². The number of hydrogen-bond acceptors (Lipinski definition) is 2. The second-order valence-corrected chi connectivity index (χ2v) is 5.06. The van der Waals surface area contributed by atoms with Crippen LogP contribution in [0.2, 0.25) is 0 Å². The molecule has 0 amide bonds. The molecule has 20 heavy (non-hydrogen) atoms. The Hall–Kier alpha value is -2.13. The maximum atomic E-state index is 6.40. The Morgan fingerprint density at radius 3 is 2.75 bits per heavy atom. The number of aromatic nitrogens is 2. The summed E-state index contributed by atoms with van der Waals surface area (Å²) in [4.78, 5) is 4.43. The number of imidazole rings is 1. The zero-order chi connectivity index (χ0) is 13.9. The molecular weight excluding hydrogens is 246 g/mol. The van der Waals surface area contributed by atoms with Gasteiger partial charge in [-0.15, -0.1) is 0 Å². The molecule has 102 valence electrons. The van der Waals surface area contributed by atoms with Gasteiger partial charge in [-0.3, -0.25) is 0 Å². The van der Waals surface area contributed by atoms with Gasteiger partial charge in [-0.2, -0.15) is 0 Å². The summed E-state index contributed by atoms with van der Waals surface area (Å²) in [5.74, 6) is 0.933. The number of fused-ring (bicyclic) bond motifs is 1. The lowest BCUT2D eigenvalue weighted by atomic mass is 10.0. The van der Waals surface area contributed by atoms with Crippen LogP contribution in [0.5, 0.6) is 0 Å². The van der Waals surface area contributed by atoms with Gasteiger partial charge in [0.05, 0.1) is 6.04 Å². The summed E-state index contributed by atoms with van der Waals surface area (Å²) in [7, 11) is 0. The predicted molar refractivity (Wildman–Crippen MR) is 82.5 cm³/mol. The number of nitrogens with zero attached hydrogens (tertiary/aromatic N) is 2. The lowest BCUT2D eigenvalue weighted by molar-refractivity contribution is 0.613. The van der Waals surface area contributed by atoms with E-state index in [1.54, 1.807) is 0 Å². The molecule has 1 heterocycles. The highest BCUT2D eigenvalue weighted by molar-refractivity contribution is 5.83. The standard InChI is InChI=1S/C17H19N3/c1-2-10-20-11-9-19-17(20)16(18)15-8-7-13-5-3-4-6-14(13)12-15/h3-9,11-12,16H,2,10,18H2,1H3. The molecule has 0 saturated carbocycles. The molecule has 0 aliphatic carbocycles. The summed E-state index contributed by atoms with van der Waals surface area (Å²) in [6.07, 6.45) is 4.90. The average molecular weight is 265 g/mol. The van der Waals surface area contributed by atoms with Crippen LogP contribution in [0.15, 0.2) is 54.9 Å². The monoisotopic (exact) mass is 265 g/mol. The van der Waals surface area contributed by atoms with Gasteiger partial charge in [0.25, 0.3) is 0 Å². The van der Waals surface area contributed by atoms with E-state index in [-0.39, 0.29) is 6.04 Å².